The number of benzene rings is 1. The average Bonchev–Trinajstić information content (AvgIpc) is 2.51. The molecule has 0 saturated carbocycles. The summed E-state index contributed by atoms with van der Waals surface area (Å²) in [5.74, 6) is -0.587. The number of hydrogen-bond acceptors (Lipinski definition) is 5. The lowest BCUT2D eigenvalue weighted by atomic mass is 10.1. The van der Waals surface area contributed by atoms with Crippen molar-refractivity contribution in [3.8, 4) is 0 Å². The summed E-state index contributed by atoms with van der Waals surface area (Å²) in [6.45, 7) is 4.50. The molecule has 0 unspecified atom stereocenters. The van der Waals surface area contributed by atoms with Gasteiger partial charge in [0.15, 0.2) is 5.78 Å². The number of carbonyl (C=O) groups is 2. The van der Waals surface area contributed by atoms with Gasteiger partial charge in [-0.1, -0.05) is 12.1 Å². The summed E-state index contributed by atoms with van der Waals surface area (Å²) < 4.78 is 30.2. The first-order valence-electron chi connectivity index (χ1n) is 7.69. The van der Waals surface area contributed by atoms with E-state index in [-0.39, 0.29) is 18.0 Å². The Balaban J connectivity index is 2.79. The number of hydrogen-bond donors (Lipinski definition) is 1. The molecule has 134 valence electrons. The van der Waals surface area contributed by atoms with Crippen LogP contribution in [-0.4, -0.2) is 52.7 Å². The van der Waals surface area contributed by atoms with Gasteiger partial charge >= 0.3 is 0 Å². The maximum absolute atomic E-state index is 12.0. The van der Waals surface area contributed by atoms with E-state index in [2.05, 4.69) is 5.32 Å². The molecule has 0 radical (unpaired) electrons. The Morgan fingerprint density at radius 2 is 2.00 bits per heavy atom. The topological polar surface area (TPSA) is 92.8 Å². The van der Waals surface area contributed by atoms with E-state index in [1.165, 1.54) is 13.0 Å². The summed E-state index contributed by atoms with van der Waals surface area (Å²) in [6, 6.07) is 6.20. The number of amides is 1. The second kappa shape index (κ2) is 9.39. The first kappa shape index (κ1) is 20.1. The molecule has 0 aromatic heterocycles. The lowest BCUT2D eigenvalue weighted by Gasteiger charge is -2.22. The van der Waals surface area contributed by atoms with Crippen LogP contribution >= 0.6 is 0 Å². The summed E-state index contributed by atoms with van der Waals surface area (Å²) in [7, 11) is -3.66. The number of Topliss-reactive ketones (excluding diaryl/α,β-unsaturated/α-hetero) is 1. The van der Waals surface area contributed by atoms with Crippen LogP contribution in [0.4, 0.5) is 5.69 Å². The van der Waals surface area contributed by atoms with Crippen molar-refractivity contribution in [2.75, 3.05) is 36.9 Å². The van der Waals surface area contributed by atoms with Gasteiger partial charge in [0.1, 0.15) is 6.54 Å². The van der Waals surface area contributed by atoms with Gasteiger partial charge in [0.2, 0.25) is 15.9 Å². The monoisotopic (exact) mass is 356 g/mol. The molecule has 0 saturated heterocycles. The van der Waals surface area contributed by atoms with Gasteiger partial charge in [0, 0.05) is 25.3 Å². The van der Waals surface area contributed by atoms with E-state index in [1.807, 2.05) is 6.92 Å². The molecule has 0 aliphatic carbocycles. The number of ketones is 1. The number of carbonyl (C=O) groups excluding carboxylic acids is 2. The molecular formula is C16H24N2O5S. The van der Waals surface area contributed by atoms with Crippen LogP contribution in [0.1, 0.15) is 30.6 Å². The summed E-state index contributed by atoms with van der Waals surface area (Å²) in [5.41, 5.74) is 0.674. The van der Waals surface area contributed by atoms with Crippen LogP contribution in [0, 0.1) is 0 Å². The van der Waals surface area contributed by atoms with Gasteiger partial charge < -0.3 is 10.1 Å². The third-order valence-electron chi connectivity index (χ3n) is 3.22. The van der Waals surface area contributed by atoms with E-state index >= 15 is 0 Å². The van der Waals surface area contributed by atoms with E-state index in [0.29, 0.717) is 31.7 Å². The molecule has 0 aliphatic heterocycles. The van der Waals surface area contributed by atoms with Gasteiger partial charge in [-0.2, -0.15) is 0 Å². The van der Waals surface area contributed by atoms with Crippen molar-refractivity contribution in [1.29, 1.82) is 0 Å². The molecule has 0 heterocycles. The number of nitrogens with one attached hydrogen (secondary N) is 1. The van der Waals surface area contributed by atoms with Crippen molar-refractivity contribution in [2.24, 2.45) is 0 Å². The molecule has 1 rings (SSSR count). The molecule has 1 aromatic carbocycles. The zero-order chi connectivity index (χ0) is 18.2. The normalized spacial score (nSPS) is 11.1. The van der Waals surface area contributed by atoms with Gasteiger partial charge in [0.25, 0.3) is 0 Å². The average molecular weight is 356 g/mol. The van der Waals surface area contributed by atoms with Crippen LogP contribution in [0.25, 0.3) is 0 Å². The predicted octanol–water partition coefficient (Wildman–Crippen LogP) is 1.20. The number of ether oxygens (including phenoxy) is 1. The maximum atomic E-state index is 12.0. The fourth-order valence-corrected chi connectivity index (χ4v) is 2.86. The minimum absolute atomic E-state index is 0.175. The number of nitrogens with zero attached hydrogens (tertiary/aromatic N) is 1. The zero-order valence-corrected chi connectivity index (χ0v) is 15.1. The third kappa shape index (κ3) is 6.67. The highest BCUT2D eigenvalue weighted by Gasteiger charge is 2.21. The van der Waals surface area contributed by atoms with E-state index < -0.39 is 15.9 Å². The summed E-state index contributed by atoms with van der Waals surface area (Å²) in [6.07, 6.45) is 1.67. The molecule has 1 amide bonds. The highest BCUT2D eigenvalue weighted by Crippen LogP contribution is 2.19. The Kier molecular flexibility index (Phi) is 7.87. The van der Waals surface area contributed by atoms with Crippen LogP contribution in [0.15, 0.2) is 24.3 Å². The van der Waals surface area contributed by atoms with E-state index in [0.717, 1.165) is 10.6 Å². The molecule has 0 spiro atoms. The van der Waals surface area contributed by atoms with Gasteiger partial charge in [-0.3, -0.25) is 13.9 Å². The second-order valence-corrected chi connectivity index (χ2v) is 7.18. The van der Waals surface area contributed by atoms with Crippen LogP contribution < -0.4 is 9.62 Å². The van der Waals surface area contributed by atoms with Gasteiger partial charge in [-0.15, -0.1) is 0 Å². The SMILES string of the molecule is CCOCCCNC(=O)CN(c1cccc(C(C)=O)c1)S(C)(=O)=O. The lowest BCUT2D eigenvalue weighted by molar-refractivity contribution is -0.119. The van der Waals surface area contributed by atoms with Crippen molar-refractivity contribution in [1.82, 2.24) is 5.32 Å². The number of sulfonamides is 1. The Morgan fingerprint density at radius 1 is 1.29 bits per heavy atom. The standard InChI is InChI=1S/C16H24N2O5S/c1-4-23-10-6-9-17-16(20)12-18(24(3,21)22)15-8-5-7-14(11-15)13(2)19/h5,7-8,11H,4,6,9-10,12H2,1-3H3,(H,17,20). The van der Waals surface area contributed by atoms with Gasteiger partial charge in [0.05, 0.1) is 11.9 Å². The fraction of sp³-hybridized carbons (Fsp3) is 0.500. The van der Waals surface area contributed by atoms with E-state index in [4.69, 9.17) is 4.74 Å². The first-order chi connectivity index (χ1) is 11.3. The zero-order valence-electron chi connectivity index (χ0n) is 14.2. The van der Waals surface area contributed by atoms with Crippen molar-refractivity contribution in [3.63, 3.8) is 0 Å². The van der Waals surface area contributed by atoms with E-state index in [9.17, 15) is 18.0 Å². The first-order valence-corrected chi connectivity index (χ1v) is 9.53. The molecule has 0 bridgehead atoms. The molecule has 1 aromatic rings. The maximum Gasteiger partial charge on any atom is 0.240 e. The molecule has 0 atom stereocenters. The van der Waals surface area contributed by atoms with Gasteiger partial charge in [-0.25, -0.2) is 8.42 Å². The molecule has 1 N–H and O–H groups in total. The van der Waals surface area contributed by atoms with Crippen LogP contribution in [0.3, 0.4) is 0 Å². The third-order valence-corrected chi connectivity index (χ3v) is 4.36. The summed E-state index contributed by atoms with van der Waals surface area (Å²) in [5, 5.41) is 2.66. The fourth-order valence-electron chi connectivity index (χ4n) is 2.01. The molecular weight excluding hydrogens is 332 g/mol. The van der Waals surface area contributed by atoms with Gasteiger partial charge in [-0.05, 0) is 32.4 Å². The van der Waals surface area contributed by atoms with Crippen LogP contribution in [0.5, 0.6) is 0 Å². The van der Waals surface area contributed by atoms with Crippen LogP contribution in [-0.2, 0) is 19.6 Å². The van der Waals surface area contributed by atoms with E-state index in [1.54, 1.807) is 18.2 Å². The summed E-state index contributed by atoms with van der Waals surface area (Å²) in [4.78, 5) is 23.5. The summed E-state index contributed by atoms with van der Waals surface area (Å²) >= 11 is 0. The lowest BCUT2D eigenvalue weighted by Crippen LogP contribution is -2.40. The van der Waals surface area contributed by atoms with Crippen molar-refractivity contribution >= 4 is 27.4 Å². The second-order valence-electron chi connectivity index (χ2n) is 5.28. The minimum Gasteiger partial charge on any atom is -0.382 e. The quantitative estimate of drug-likeness (QED) is 0.502. The number of anilines is 1. The highest BCUT2D eigenvalue weighted by atomic mass is 32.2. The molecule has 0 fully saturated rings. The van der Waals surface area contributed by atoms with Crippen molar-refractivity contribution in [2.45, 2.75) is 20.3 Å². The largest absolute Gasteiger partial charge is 0.382 e. The molecule has 7 nitrogen and oxygen atoms in total. The van der Waals surface area contributed by atoms with Crippen LogP contribution in [0.2, 0.25) is 0 Å². The molecule has 8 heteroatoms. The molecule has 0 aliphatic rings. The Hall–Kier alpha value is -1.93. The smallest absolute Gasteiger partial charge is 0.240 e. The Labute approximate surface area is 143 Å². The minimum atomic E-state index is -3.66. The number of rotatable bonds is 10. The predicted molar refractivity (Wildman–Crippen MR) is 92.8 cm³/mol. The van der Waals surface area contributed by atoms with Crippen molar-refractivity contribution < 1.29 is 22.7 Å². The Morgan fingerprint density at radius 3 is 2.58 bits per heavy atom. The molecule has 24 heavy (non-hydrogen) atoms. The Bertz CT molecular complexity index is 673. The highest BCUT2D eigenvalue weighted by molar-refractivity contribution is 7.92. The van der Waals surface area contributed by atoms with Crippen molar-refractivity contribution in [3.05, 3.63) is 29.8 Å².